The van der Waals surface area contributed by atoms with Crippen LogP contribution < -0.4 is 4.80 Å². The van der Waals surface area contributed by atoms with Crippen molar-refractivity contribution < 1.29 is 0 Å². The molecule has 76 valence electrons. The summed E-state index contributed by atoms with van der Waals surface area (Å²) in [5.74, 6) is 0. The molecule has 0 spiro atoms. The molecule has 4 heteroatoms. The molecule has 0 bridgehead atoms. The lowest BCUT2D eigenvalue weighted by atomic mass is 10.1. The van der Waals surface area contributed by atoms with E-state index in [-0.39, 0.29) is 24.0 Å². The molecule has 2 nitrogen and oxygen atoms in total. The van der Waals surface area contributed by atoms with E-state index in [2.05, 4.69) is 26.0 Å². The van der Waals surface area contributed by atoms with E-state index >= 15 is 0 Å². The molecule has 2 aromatic rings. The number of nitrogens with zero attached hydrogens (tertiary/aromatic N) is 1. The molecule has 0 aliphatic heterocycles. The molecule has 2 rings (SSSR count). The Morgan fingerprint density at radius 3 is 2.43 bits per heavy atom. The second-order valence-electron chi connectivity index (χ2n) is 3.37. The van der Waals surface area contributed by atoms with E-state index in [1.165, 1.54) is 27.2 Å². The molecule has 0 aliphatic rings. The van der Waals surface area contributed by atoms with Crippen molar-refractivity contribution in [3.05, 3.63) is 28.1 Å². The number of benzene rings is 1. The van der Waals surface area contributed by atoms with Gasteiger partial charge in [-0.25, -0.2) is 0 Å². The van der Waals surface area contributed by atoms with Crippen molar-refractivity contribution in [1.82, 2.24) is 4.57 Å². The lowest BCUT2D eigenvalue weighted by molar-refractivity contribution is 0.893. The van der Waals surface area contributed by atoms with Crippen LogP contribution in [-0.2, 0) is 7.05 Å². The molecule has 1 N–H and O–H groups in total. The number of thiazole rings is 1. The van der Waals surface area contributed by atoms with Crippen LogP contribution in [0.3, 0.4) is 0 Å². The fourth-order valence-electron chi connectivity index (χ4n) is 1.40. The lowest BCUT2D eigenvalue weighted by Crippen LogP contribution is -2.06. The third-order valence-electron chi connectivity index (χ3n) is 2.45. The Balaban J connectivity index is 0.000000980. The molecule has 0 radical (unpaired) electrons. The Morgan fingerprint density at radius 2 is 1.79 bits per heavy atom. The van der Waals surface area contributed by atoms with Crippen LogP contribution in [0.15, 0.2) is 12.1 Å². The van der Waals surface area contributed by atoms with Gasteiger partial charge in [0.25, 0.3) is 0 Å². The zero-order valence-electron chi connectivity index (χ0n) is 8.42. The summed E-state index contributed by atoms with van der Waals surface area (Å²) in [5, 5.41) is 7.67. The second-order valence-corrected chi connectivity index (χ2v) is 4.40. The van der Waals surface area contributed by atoms with Gasteiger partial charge in [-0.1, -0.05) is 11.3 Å². The first-order valence-corrected chi connectivity index (χ1v) is 5.02. The molecule has 0 saturated carbocycles. The van der Waals surface area contributed by atoms with Gasteiger partial charge in [-0.05, 0) is 37.1 Å². The van der Waals surface area contributed by atoms with Gasteiger partial charge in [0.1, 0.15) is 0 Å². The largest absolute Gasteiger partial charge is 0.320 e. The van der Waals surface area contributed by atoms with Crippen LogP contribution in [0.25, 0.3) is 10.2 Å². The molecule has 0 aliphatic carbocycles. The number of aromatic nitrogens is 1. The highest BCUT2D eigenvalue weighted by atomic mass is 127. The van der Waals surface area contributed by atoms with Gasteiger partial charge < -0.3 is 4.57 Å². The fourth-order valence-corrected chi connectivity index (χ4v) is 2.38. The van der Waals surface area contributed by atoms with E-state index in [4.69, 9.17) is 5.41 Å². The fraction of sp³-hybridized carbons (Fsp3) is 0.300. The highest BCUT2D eigenvalue weighted by Crippen LogP contribution is 2.20. The Kier molecular flexibility index (Phi) is 3.36. The molecule has 0 atom stereocenters. The molecule has 0 amide bonds. The van der Waals surface area contributed by atoms with Crippen LogP contribution in [-0.4, -0.2) is 4.57 Å². The summed E-state index contributed by atoms with van der Waals surface area (Å²) < 4.78 is 3.13. The number of aryl methyl sites for hydroxylation is 3. The standard InChI is InChI=1S/C10H12N2S.HI/c1-6-4-8-9(5-7(6)2)13-10(11)12(8)3;/h4-5,11H,1-3H3;1H. The Morgan fingerprint density at radius 1 is 1.21 bits per heavy atom. The van der Waals surface area contributed by atoms with Crippen LogP contribution in [0.4, 0.5) is 0 Å². The van der Waals surface area contributed by atoms with Crippen LogP contribution in [0.5, 0.6) is 0 Å². The van der Waals surface area contributed by atoms with Crippen LogP contribution in [0.1, 0.15) is 11.1 Å². The predicted molar refractivity (Wildman–Crippen MR) is 71.5 cm³/mol. The Labute approximate surface area is 104 Å². The van der Waals surface area contributed by atoms with Crippen molar-refractivity contribution in [1.29, 1.82) is 5.41 Å². The van der Waals surface area contributed by atoms with E-state index in [1.54, 1.807) is 0 Å². The summed E-state index contributed by atoms with van der Waals surface area (Å²) in [6, 6.07) is 4.31. The van der Waals surface area contributed by atoms with E-state index in [0.29, 0.717) is 4.80 Å². The topological polar surface area (TPSA) is 28.8 Å². The summed E-state index contributed by atoms with van der Waals surface area (Å²) in [7, 11) is 1.94. The van der Waals surface area contributed by atoms with Crippen LogP contribution >= 0.6 is 35.3 Å². The van der Waals surface area contributed by atoms with Crippen LogP contribution in [0, 0.1) is 19.3 Å². The molecule has 0 fully saturated rings. The van der Waals surface area contributed by atoms with Gasteiger partial charge in [0.15, 0.2) is 4.80 Å². The Bertz CT molecular complexity index is 525. The maximum Gasteiger partial charge on any atom is 0.182 e. The SMILES string of the molecule is Cc1cc2sc(=N)n(C)c2cc1C.I. The van der Waals surface area contributed by atoms with Gasteiger partial charge in [0, 0.05) is 7.05 Å². The average Bonchev–Trinajstić information content (AvgIpc) is 2.32. The summed E-state index contributed by atoms with van der Waals surface area (Å²) in [6.07, 6.45) is 0. The van der Waals surface area contributed by atoms with Gasteiger partial charge in [0.2, 0.25) is 0 Å². The zero-order valence-corrected chi connectivity index (χ0v) is 11.6. The van der Waals surface area contributed by atoms with Crippen molar-refractivity contribution in [2.75, 3.05) is 0 Å². The van der Waals surface area contributed by atoms with Gasteiger partial charge >= 0.3 is 0 Å². The maximum absolute atomic E-state index is 7.67. The summed E-state index contributed by atoms with van der Waals surface area (Å²) in [6.45, 7) is 4.22. The number of hydrogen-bond donors (Lipinski definition) is 1. The quantitative estimate of drug-likeness (QED) is 0.723. The summed E-state index contributed by atoms with van der Waals surface area (Å²) in [5.41, 5.74) is 3.76. The highest BCUT2D eigenvalue weighted by molar-refractivity contribution is 14.0. The first-order chi connectivity index (χ1) is 6.09. The smallest absolute Gasteiger partial charge is 0.182 e. The van der Waals surface area contributed by atoms with Crippen LogP contribution in [0.2, 0.25) is 0 Å². The number of rotatable bonds is 0. The molecule has 1 aromatic carbocycles. The van der Waals surface area contributed by atoms with E-state index in [9.17, 15) is 0 Å². The minimum atomic E-state index is 0. The molecule has 0 unspecified atom stereocenters. The normalized spacial score (nSPS) is 10.2. The van der Waals surface area contributed by atoms with E-state index in [1.807, 2.05) is 11.6 Å². The number of hydrogen-bond acceptors (Lipinski definition) is 2. The van der Waals surface area contributed by atoms with Gasteiger partial charge in [-0.2, -0.15) is 0 Å². The number of nitrogens with one attached hydrogen (secondary N) is 1. The first-order valence-electron chi connectivity index (χ1n) is 4.21. The van der Waals surface area contributed by atoms with E-state index < -0.39 is 0 Å². The monoisotopic (exact) mass is 320 g/mol. The third-order valence-corrected chi connectivity index (χ3v) is 3.46. The van der Waals surface area contributed by atoms with Gasteiger partial charge in [-0.3, -0.25) is 5.41 Å². The second kappa shape index (κ2) is 4.02. The van der Waals surface area contributed by atoms with Gasteiger partial charge in [0.05, 0.1) is 10.2 Å². The highest BCUT2D eigenvalue weighted by Gasteiger charge is 2.03. The molecule has 14 heavy (non-hydrogen) atoms. The minimum Gasteiger partial charge on any atom is -0.320 e. The first kappa shape index (κ1) is 11.7. The Hall–Kier alpha value is -0.360. The molecule has 0 saturated heterocycles. The maximum atomic E-state index is 7.67. The predicted octanol–water partition coefficient (Wildman–Crippen LogP) is 2.95. The van der Waals surface area contributed by atoms with Crippen molar-refractivity contribution in [2.45, 2.75) is 13.8 Å². The van der Waals surface area contributed by atoms with E-state index in [0.717, 1.165) is 5.52 Å². The summed E-state index contributed by atoms with van der Waals surface area (Å²) in [4.78, 5) is 0.611. The molecular weight excluding hydrogens is 307 g/mol. The lowest BCUT2D eigenvalue weighted by Gasteiger charge is -2.00. The van der Waals surface area contributed by atoms with Crippen molar-refractivity contribution in [3.63, 3.8) is 0 Å². The number of fused-ring (bicyclic) bond motifs is 1. The molecular formula is C10H13IN2S. The average molecular weight is 320 g/mol. The van der Waals surface area contributed by atoms with Crippen molar-refractivity contribution in [3.8, 4) is 0 Å². The molecule has 1 heterocycles. The molecule has 1 aromatic heterocycles. The minimum absolute atomic E-state index is 0. The van der Waals surface area contributed by atoms with Crippen molar-refractivity contribution in [2.24, 2.45) is 7.05 Å². The van der Waals surface area contributed by atoms with Crippen molar-refractivity contribution >= 4 is 45.5 Å². The third kappa shape index (κ3) is 1.72. The zero-order chi connectivity index (χ0) is 9.59. The van der Waals surface area contributed by atoms with Gasteiger partial charge in [-0.15, -0.1) is 24.0 Å². The summed E-state index contributed by atoms with van der Waals surface area (Å²) >= 11 is 1.53. The number of halogens is 1.